The van der Waals surface area contributed by atoms with E-state index in [0.717, 1.165) is 5.56 Å². The zero-order valence-corrected chi connectivity index (χ0v) is 12.4. The van der Waals surface area contributed by atoms with Gasteiger partial charge < -0.3 is 0 Å². The maximum Gasteiger partial charge on any atom is 0.264 e. The Morgan fingerprint density at radius 3 is 2.50 bits per heavy atom. The third kappa shape index (κ3) is 4.26. The minimum absolute atomic E-state index is 0.266. The molecular formula is C16H19NO2S. The molecule has 20 heavy (non-hydrogen) atoms. The van der Waals surface area contributed by atoms with Crippen LogP contribution in [-0.2, 0) is 10.0 Å². The molecule has 0 heterocycles. The molecule has 0 N–H and O–H groups in total. The lowest BCUT2D eigenvalue weighted by Crippen LogP contribution is -2.26. The molecule has 3 nitrogen and oxygen atoms in total. The van der Waals surface area contributed by atoms with Crippen molar-refractivity contribution in [2.45, 2.75) is 18.2 Å². The lowest BCUT2D eigenvalue weighted by atomic mass is 10.2. The predicted molar refractivity (Wildman–Crippen MR) is 82.7 cm³/mol. The molecule has 0 aliphatic carbocycles. The highest BCUT2D eigenvalue weighted by Crippen LogP contribution is 2.17. The lowest BCUT2D eigenvalue weighted by molar-refractivity contribution is 0.502. The molecule has 0 saturated carbocycles. The van der Waals surface area contributed by atoms with Crippen molar-refractivity contribution in [2.75, 3.05) is 6.54 Å². The van der Waals surface area contributed by atoms with Crippen LogP contribution in [0.3, 0.4) is 0 Å². The predicted octanol–water partition coefficient (Wildman–Crippen LogP) is 3.42. The molecule has 1 rings (SSSR count). The summed E-state index contributed by atoms with van der Waals surface area (Å²) < 4.78 is 26.2. The molecule has 0 aliphatic heterocycles. The highest BCUT2D eigenvalue weighted by atomic mass is 32.2. The van der Waals surface area contributed by atoms with Gasteiger partial charge in [-0.05, 0) is 25.5 Å². The van der Waals surface area contributed by atoms with E-state index in [1.165, 1.54) is 10.5 Å². The van der Waals surface area contributed by atoms with Crippen LogP contribution in [0.5, 0.6) is 0 Å². The number of aryl methyl sites for hydroxylation is 1. The Balaban J connectivity index is 2.99. The summed E-state index contributed by atoms with van der Waals surface area (Å²) in [5.74, 6) is 0. The third-order valence-corrected chi connectivity index (χ3v) is 4.42. The molecule has 0 aliphatic rings. The first kappa shape index (κ1) is 16.0. The fourth-order valence-corrected chi connectivity index (χ4v) is 2.91. The maximum atomic E-state index is 12.5. The average molecular weight is 289 g/mol. The Morgan fingerprint density at radius 1 is 1.30 bits per heavy atom. The van der Waals surface area contributed by atoms with Gasteiger partial charge in [-0.15, -0.1) is 5.73 Å². The van der Waals surface area contributed by atoms with Crippen LogP contribution >= 0.6 is 0 Å². The van der Waals surface area contributed by atoms with Gasteiger partial charge in [-0.2, -0.15) is 0 Å². The fraction of sp³-hybridized carbons (Fsp3) is 0.188. The summed E-state index contributed by atoms with van der Waals surface area (Å²) in [4.78, 5) is 0.266. The van der Waals surface area contributed by atoms with Gasteiger partial charge in [0.2, 0.25) is 0 Å². The number of nitrogens with zero attached hydrogens (tertiary/aromatic N) is 1. The highest BCUT2D eigenvalue weighted by Gasteiger charge is 2.20. The fourth-order valence-electron chi connectivity index (χ4n) is 1.60. The molecule has 0 radical (unpaired) electrons. The Hall–Kier alpha value is -2.03. The number of sulfonamides is 1. The van der Waals surface area contributed by atoms with Gasteiger partial charge in [0.15, 0.2) is 0 Å². The number of rotatable bonds is 7. The Labute approximate surface area is 121 Å². The van der Waals surface area contributed by atoms with E-state index in [1.807, 2.05) is 13.0 Å². The van der Waals surface area contributed by atoms with Crippen LogP contribution in [0.25, 0.3) is 0 Å². The van der Waals surface area contributed by atoms with Gasteiger partial charge in [0.05, 0.1) is 11.1 Å². The van der Waals surface area contributed by atoms with Crippen molar-refractivity contribution in [3.63, 3.8) is 0 Å². The quantitative estimate of drug-likeness (QED) is 0.570. The Kier molecular flexibility index (Phi) is 6.04. The maximum absolute atomic E-state index is 12.5. The summed E-state index contributed by atoms with van der Waals surface area (Å²) in [6, 6.07) is 6.77. The smallest absolute Gasteiger partial charge is 0.264 e. The molecule has 0 amide bonds. The van der Waals surface area contributed by atoms with E-state index in [4.69, 9.17) is 0 Å². The minimum atomic E-state index is -3.55. The topological polar surface area (TPSA) is 37.4 Å². The number of hydrogen-bond donors (Lipinski definition) is 0. The van der Waals surface area contributed by atoms with Crippen LogP contribution in [0.2, 0.25) is 0 Å². The molecule has 1 aromatic rings. The first-order valence-corrected chi connectivity index (χ1v) is 7.68. The molecule has 0 fully saturated rings. The molecule has 0 saturated heterocycles. The van der Waals surface area contributed by atoms with Gasteiger partial charge in [-0.25, -0.2) is 8.42 Å². The van der Waals surface area contributed by atoms with E-state index in [0.29, 0.717) is 13.0 Å². The van der Waals surface area contributed by atoms with E-state index in [-0.39, 0.29) is 4.90 Å². The van der Waals surface area contributed by atoms with E-state index in [9.17, 15) is 8.42 Å². The van der Waals surface area contributed by atoms with Gasteiger partial charge in [-0.3, -0.25) is 4.31 Å². The largest absolute Gasteiger partial charge is 0.266 e. The van der Waals surface area contributed by atoms with Crippen molar-refractivity contribution in [1.29, 1.82) is 0 Å². The molecule has 0 unspecified atom stereocenters. The van der Waals surface area contributed by atoms with Gasteiger partial charge in [0.25, 0.3) is 10.0 Å². The molecule has 4 heteroatoms. The summed E-state index contributed by atoms with van der Waals surface area (Å²) in [5.41, 5.74) is 3.54. The summed E-state index contributed by atoms with van der Waals surface area (Å²) >= 11 is 0. The summed E-state index contributed by atoms with van der Waals surface area (Å²) in [5, 5.41) is 0. The molecule has 0 atom stereocenters. The average Bonchev–Trinajstić information content (AvgIpc) is 2.42. The normalized spacial score (nSPS) is 11.1. The Bertz CT molecular complexity index is 621. The molecule has 106 valence electrons. The molecule has 0 bridgehead atoms. The SMILES string of the molecule is C=C=CN(CC/C=C/C=C)S(=O)(=O)c1ccc(C)cc1. The molecule has 1 aromatic carbocycles. The monoisotopic (exact) mass is 289 g/mol. The van der Waals surface area contributed by atoms with Gasteiger partial charge in [-0.1, -0.05) is 49.1 Å². The van der Waals surface area contributed by atoms with Crippen molar-refractivity contribution >= 4 is 10.0 Å². The highest BCUT2D eigenvalue weighted by molar-refractivity contribution is 7.89. The Morgan fingerprint density at radius 2 is 1.95 bits per heavy atom. The third-order valence-electron chi connectivity index (χ3n) is 2.65. The molecule has 0 spiro atoms. The van der Waals surface area contributed by atoms with E-state index in [2.05, 4.69) is 18.9 Å². The van der Waals surface area contributed by atoms with Crippen molar-refractivity contribution in [3.8, 4) is 0 Å². The van der Waals surface area contributed by atoms with Crippen LogP contribution in [0.15, 0.2) is 72.5 Å². The van der Waals surface area contributed by atoms with Crippen molar-refractivity contribution < 1.29 is 8.42 Å². The second kappa shape index (κ2) is 7.53. The van der Waals surface area contributed by atoms with E-state index < -0.39 is 10.0 Å². The second-order valence-electron chi connectivity index (χ2n) is 4.21. The van der Waals surface area contributed by atoms with E-state index >= 15 is 0 Å². The summed E-state index contributed by atoms with van der Waals surface area (Å²) in [7, 11) is -3.55. The van der Waals surface area contributed by atoms with Gasteiger partial charge >= 0.3 is 0 Å². The zero-order valence-electron chi connectivity index (χ0n) is 11.6. The standard InChI is InChI=1S/C16H19NO2S/c1-4-6-7-8-14-17(13-5-2)20(18,19)16-11-9-15(3)10-12-16/h4,6-7,9-13H,1-2,8,14H2,3H3/b7-6+. The first-order valence-electron chi connectivity index (χ1n) is 6.24. The van der Waals surface area contributed by atoms with Gasteiger partial charge in [0.1, 0.15) is 0 Å². The number of hydrogen-bond acceptors (Lipinski definition) is 2. The zero-order chi connectivity index (χ0) is 15.0. The van der Waals surface area contributed by atoms with E-state index in [1.54, 1.807) is 36.4 Å². The van der Waals surface area contributed by atoms with Crippen LogP contribution in [0, 0.1) is 6.92 Å². The van der Waals surface area contributed by atoms with Crippen LogP contribution in [0.4, 0.5) is 0 Å². The van der Waals surface area contributed by atoms with Crippen molar-refractivity contribution in [3.05, 3.63) is 73.1 Å². The second-order valence-corrected chi connectivity index (χ2v) is 6.11. The van der Waals surface area contributed by atoms with Crippen LogP contribution < -0.4 is 0 Å². The summed E-state index contributed by atoms with van der Waals surface area (Å²) in [6.45, 7) is 9.27. The minimum Gasteiger partial charge on any atom is -0.266 e. The van der Waals surface area contributed by atoms with Crippen LogP contribution in [-0.4, -0.2) is 19.3 Å². The first-order chi connectivity index (χ1) is 9.52. The lowest BCUT2D eigenvalue weighted by Gasteiger charge is -2.19. The summed E-state index contributed by atoms with van der Waals surface area (Å²) in [6.07, 6.45) is 7.25. The van der Waals surface area contributed by atoms with Crippen molar-refractivity contribution in [1.82, 2.24) is 4.31 Å². The van der Waals surface area contributed by atoms with Gasteiger partial charge in [0, 0.05) is 6.54 Å². The molecule has 0 aromatic heterocycles. The molecular weight excluding hydrogens is 270 g/mol. The number of benzene rings is 1. The number of allylic oxidation sites excluding steroid dienone is 2. The van der Waals surface area contributed by atoms with Crippen molar-refractivity contribution in [2.24, 2.45) is 0 Å². The van der Waals surface area contributed by atoms with Crippen LogP contribution in [0.1, 0.15) is 12.0 Å².